The van der Waals surface area contributed by atoms with Crippen LogP contribution in [0.2, 0.25) is 0 Å². The van der Waals surface area contributed by atoms with Gasteiger partial charge in [-0.2, -0.15) is 18.3 Å². The minimum atomic E-state index is -4.85. The van der Waals surface area contributed by atoms with Crippen molar-refractivity contribution >= 4 is 5.69 Å². The molecule has 9 heteroatoms. The minimum absolute atomic E-state index is 0.108. The summed E-state index contributed by atoms with van der Waals surface area (Å²) >= 11 is 0. The lowest BCUT2D eigenvalue weighted by atomic mass is 10.2. The number of hydrogen-bond acceptors (Lipinski definition) is 5. The quantitative estimate of drug-likeness (QED) is 0.782. The van der Waals surface area contributed by atoms with E-state index in [4.69, 9.17) is 4.74 Å². The Morgan fingerprint density at radius 2 is 1.96 bits per heavy atom. The Kier molecular flexibility index (Phi) is 6.25. The zero-order valence-corrected chi connectivity index (χ0v) is 14.4. The highest BCUT2D eigenvalue weighted by Gasteiger charge is 2.38. The summed E-state index contributed by atoms with van der Waals surface area (Å²) in [5, 5.41) is 15.6. The van der Waals surface area contributed by atoms with Gasteiger partial charge in [0.25, 0.3) is 5.56 Å². The molecule has 1 aromatic carbocycles. The Morgan fingerprint density at radius 3 is 2.46 bits per heavy atom. The summed E-state index contributed by atoms with van der Waals surface area (Å²) in [6, 6.07) is 5.98. The highest BCUT2D eigenvalue weighted by molar-refractivity contribution is 5.50. The van der Waals surface area contributed by atoms with Gasteiger partial charge in [0.2, 0.25) is 0 Å². The summed E-state index contributed by atoms with van der Waals surface area (Å²) in [5.41, 5.74) is -2.40. The highest BCUT2D eigenvalue weighted by atomic mass is 19.4. The second-order valence-corrected chi connectivity index (χ2v) is 5.67. The van der Waals surface area contributed by atoms with E-state index in [1.54, 1.807) is 31.2 Å². The fourth-order valence-electron chi connectivity index (χ4n) is 2.39. The van der Waals surface area contributed by atoms with Gasteiger partial charge in [0, 0.05) is 6.04 Å². The Hall–Kier alpha value is -2.55. The van der Waals surface area contributed by atoms with Crippen LogP contribution in [0.1, 0.15) is 24.5 Å². The maximum Gasteiger partial charge on any atom is 0.423 e. The van der Waals surface area contributed by atoms with Crippen LogP contribution in [-0.4, -0.2) is 34.6 Å². The molecule has 1 aromatic heterocycles. The first-order chi connectivity index (χ1) is 12.3. The SMILES string of the molecule is CC[C@H](CO)Nc1cnn(Cc2ccc(OC)cc2)c(=O)c1C(F)(F)F. The van der Waals surface area contributed by atoms with Crippen LogP contribution < -0.4 is 15.6 Å². The Balaban J connectivity index is 2.41. The molecule has 142 valence electrons. The summed E-state index contributed by atoms with van der Waals surface area (Å²) in [4.78, 5) is 12.4. The lowest BCUT2D eigenvalue weighted by molar-refractivity contribution is -0.138. The number of halogens is 3. The first-order valence-corrected chi connectivity index (χ1v) is 7.97. The van der Waals surface area contributed by atoms with Gasteiger partial charge in [-0.05, 0) is 24.1 Å². The number of rotatable bonds is 7. The van der Waals surface area contributed by atoms with Gasteiger partial charge in [-0.1, -0.05) is 19.1 Å². The smallest absolute Gasteiger partial charge is 0.423 e. The van der Waals surface area contributed by atoms with E-state index in [9.17, 15) is 23.1 Å². The lowest BCUT2D eigenvalue weighted by Crippen LogP contribution is -2.34. The third kappa shape index (κ3) is 4.54. The van der Waals surface area contributed by atoms with Crippen LogP contribution in [0.15, 0.2) is 35.3 Å². The fraction of sp³-hybridized carbons (Fsp3) is 0.412. The van der Waals surface area contributed by atoms with Crippen molar-refractivity contribution in [2.24, 2.45) is 0 Å². The summed E-state index contributed by atoms with van der Waals surface area (Å²) in [5.74, 6) is 0.596. The van der Waals surface area contributed by atoms with Crippen molar-refractivity contribution in [2.75, 3.05) is 19.0 Å². The van der Waals surface area contributed by atoms with Gasteiger partial charge < -0.3 is 15.2 Å². The molecule has 0 amide bonds. The number of nitrogens with zero attached hydrogens (tertiary/aromatic N) is 2. The van der Waals surface area contributed by atoms with E-state index in [0.29, 0.717) is 17.7 Å². The second kappa shape index (κ2) is 8.22. The molecule has 2 aromatic rings. The van der Waals surface area contributed by atoms with E-state index < -0.39 is 29.0 Å². The molecule has 0 bridgehead atoms. The highest BCUT2D eigenvalue weighted by Crippen LogP contribution is 2.32. The van der Waals surface area contributed by atoms with Crippen molar-refractivity contribution in [1.29, 1.82) is 0 Å². The third-order valence-corrected chi connectivity index (χ3v) is 3.89. The van der Waals surface area contributed by atoms with Gasteiger partial charge >= 0.3 is 6.18 Å². The van der Waals surface area contributed by atoms with Crippen molar-refractivity contribution in [3.8, 4) is 5.75 Å². The van der Waals surface area contributed by atoms with Crippen molar-refractivity contribution < 1.29 is 23.0 Å². The van der Waals surface area contributed by atoms with Crippen LogP contribution in [-0.2, 0) is 12.7 Å². The molecular formula is C17H20F3N3O3. The van der Waals surface area contributed by atoms with Gasteiger partial charge in [-0.3, -0.25) is 4.79 Å². The molecule has 0 radical (unpaired) electrons. The number of aliphatic hydroxyl groups is 1. The Bertz CT molecular complexity index is 785. The largest absolute Gasteiger partial charge is 0.497 e. The standard InChI is InChI=1S/C17H20F3N3O3/c1-3-12(10-24)22-14-8-21-23(16(25)15(14)17(18,19)20)9-11-4-6-13(26-2)7-5-11/h4-8,12,22,24H,3,9-10H2,1-2H3/t12-/m1/s1. The zero-order valence-electron chi connectivity index (χ0n) is 14.4. The van der Waals surface area contributed by atoms with Crippen LogP contribution in [0.3, 0.4) is 0 Å². The molecule has 2 rings (SSSR count). The van der Waals surface area contributed by atoms with E-state index in [1.165, 1.54) is 7.11 Å². The molecule has 0 unspecified atom stereocenters. The Morgan fingerprint density at radius 1 is 1.31 bits per heavy atom. The van der Waals surface area contributed by atoms with Crippen LogP contribution in [0, 0.1) is 0 Å². The van der Waals surface area contributed by atoms with Gasteiger partial charge in [-0.25, -0.2) is 4.68 Å². The molecular weight excluding hydrogens is 351 g/mol. The van der Waals surface area contributed by atoms with Gasteiger partial charge in [0.1, 0.15) is 11.3 Å². The lowest BCUT2D eigenvalue weighted by Gasteiger charge is -2.19. The van der Waals surface area contributed by atoms with Crippen molar-refractivity contribution in [3.05, 3.63) is 51.9 Å². The number of ether oxygens (including phenoxy) is 1. The average molecular weight is 371 g/mol. The fourth-order valence-corrected chi connectivity index (χ4v) is 2.39. The second-order valence-electron chi connectivity index (χ2n) is 5.67. The number of anilines is 1. The molecule has 0 aliphatic carbocycles. The summed E-state index contributed by atoms with van der Waals surface area (Å²) in [7, 11) is 1.50. The van der Waals surface area contributed by atoms with Gasteiger partial charge in [0.05, 0.1) is 32.1 Å². The van der Waals surface area contributed by atoms with Crippen molar-refractivity contribution in [2.45, 2.75) is 32.1 Å². The summed E-state index contributed by atoms with van der Waals surface area (Å²) in [6.07, 6.45) is -3.49. The molecule has 2 N–H and O–H groups in total. The van der Waals surface area contributed by atoms with Crippen LogP contribution in [0.5, 0.6) is 5.75 Å². The zero-order chi connectivity index (χ0) is 19.3. The maximum atomic E-state index is 13.4. The first-order valence-electron chi connectivity index (χ1n) is 7.97. The summed E-state index contributed by atoms with van der Waals surface area (Å²) in [6.45, 7) is 1.24. The van der Waals surface area contributed by atoms with Crippen molar-refractivity contribution in [1.82, 2.24) is 9.78 Å². The summed E-state index contributed by atoms with van der Waals surface area (Å²) < 4.78 is 46.1. The molecule has 26 heavy (non-hydrogen) atoms. The Labute approximate surface area is 148 Å². The number of methoxy groups -OCH3 is 1. The number of hydrogen-bond donors (Lipinski definition) is 2. The molecule has 0 spiro atoms. The molecule has 0 saturated heterocycles. The molecule has 1 atom stereocenters. The monoisotopic (exact) mass is 371 g/mol. The van der Waals surface area contributed by atoms with Crippen molar-refractivity contribution in [3.63, 3.8) is 0 Å². The van der Waals surface area contributed by atoms with E-state index in [-0.39, 0.29) is 13.2 Å². The van der Waals surface area contributed by atoms with Gasteiger partial charge in [-0.15, -0.1) is 0 Å². The topological polar surface area (TPSA) is 76.4 Å². The molecule has 6 nitrogen and oxygen atoms in total. The first kappa shape index (κ1) is 19.8. The van der Waals surface area contributed by atoms with Crippen LogP contribution in [0.4, 0.5) is 18.9 Å². The predicted octanol–water partition coefficient (Wildman–Crippen LogP) is 2.50. The molecule has 0 fully saturated rings. The number of alkyl halides is 3. The third-order valence-electron chi connectivity index (χ3n) is 3.89. The number of benzene rings is 1. The van der Waals surface area contributed by atoms with E-state index >= 15 is 0 Å². The molecule has 0 aliphatic heterocycles. The molecule has 0 saturated carbocycles. The normalized spacial score (nSPS) is 12.7. The molecule has 1 heterocycles. The number of nitrogens with one attached hydrogen (secondary N) is 1. The van der Waals surface area contributed by atoms with Crippen LogP contribution in [0.25, 0.3) is 0 Å². The maximum absolute atomic E-state index is 13.4. The van der Waals surface area contributed by atoms with E-state index in [0.717, 1.165) is 10.9 Å². The van der Waals surface area contributed by atoms with E-state index in [2.05, 4.69) is 10.4 Å². The minimum Gasteiger partial charge on any atom is -0.497 e. The van der Waals surface area contributed by atoms with Crippen LogP contribution >= 0.6 is 0 Å². The average Bonchev–Trinajstić information content (AvgIpc) is 2.61. The predicted molar refractivity (Wildman–Crippen MR) is 90.4 cm³/mol. The van der Waals surface area contributed by atoms with E-state index in [1.807, 2.05) is 0 Å². The molecule has 0 aliphatic rings. The van der Waals surface area contributed by atoms with Gasteiger partial charge in [0.15, 0.2) is 0 Å². The number of aliphatic hydroxyl groups excluding tert-OH is 1. The number of aromatic nitrogens is 2.